The lowest BCUT2D eigenvalue weighted by atomic mass is 9.97. The Morgan fingerprint density at radius 2 is 2.00 bits per heavy atom. The number of hydrogen-bond acceptors (Lipinski definition) is 6. The van der Waals surface area contributed by atoms with Crippen molar-refractivity contribution < 1.29 is 18.7 Å². The summed E-state index contributed by atoms with van der Waals surface area (Å²) in [5.41, 5.74) is 2.99. The van der Waals surface area contributed by atoms with Crippen LogP contribution in [-0.2, 0) is 6.42 Å². The van der Waals surface area contributed by atoms with E-state index < -0.39 is 0 Å². The van der Waals surface area contributed by atoms with Gasteiger partial charge in [0.15, 0.2) is 5.89 Å². The number of rotatable bonds is 7. The highest BCUT2D eigenvalue weighted by Gasteiger charge is 2.29. The van der Waals surface area contributed by atoms with E-state index in [4.69, 9.17) is 13.9 Å². The van der Waals surface area contributed by atoms with Gasteiger partial charge in [-0.1, -0.05) is 30.3 Å². The van der Waals surface area contributed by atoms with Gasteiger partial charge in [0, 0.05) is 25.1 Å². The molecule has 0 spiro atoms. The van der Waals surface area contributed by atoms with E-state index in [1.165, 1.54) is 5.56 Å². The van der Waals surface area contributed by atoms with Gasteiger partial charge in [-0.3, -0.25) is 9.89 Å². The van der Waals surface area contributed by atoms with Crippen LogP contribution in [0.4, 0.5) is 0 Å². The molecule has 2 aromatic carbocycles. The van der Waals surface area contributed by atoms with Gasteiger partial charge < -0.3 is 18.8 Å². The number of carbonyl (C=O) groups excluding carboxylic acids is 1. The summed E-state index contributed by atoms with van der Waals surface area (Å²) in [5, 5.41) is 7.27. The summed E-state index contributed by atoms with van der Waals surface area (Å²) in [6.07, 6.45) is 4.32. The van der Waals surface area contributed by atoms with E-state index in [2.05, 4.69) is 27.3 Å². The zero-order chi connectivity index (χ0) is 24.2. The number of carbonyl (C=O) groups is 1. The summed E-state index contributed by atoms with van der Waals surface area (Å²) >= 11 is 0. The summed E-state index contributed by atoms with van der Waals surface area (Å²) in [5.74, 6) is 2.85. The molecule has 35 heavy (non-hydrogen) atoms. The van der Waals surface area contributed by atoms with E-state index in [9.17, 15) is 4.79 Å². The van der Waals surface area contributed by atoms with Crippen LogP contribution >= 0.6 is 0 Å². The first kappa shape index (κ1) is 22.7. The standard InChI is InChI=1S/C27H28N4O4/c1-33-20-10-11-25(34-2)22(14-20)23-15-24(30-29-23)27(32)31-12-6-9-19(17-31)26-28-16-21(35-26)13-18-7-4-3-5-8-18/h3-5,7-8,10-11,14-16,19H,6,9,12-13,17H2,1-2H3,(H,29,30)/t19-/m0/s1. The van der Waals surface area contributed by atoms with Crippen molar-refractivity contribution in [1.82, 2.24) is 20.1 Å². The molecule has 0 radical (unpaired) electrons. The zero-order valence-corrected chi connectivity index (χ0v) is 19.9. The summed E-state index contributed by atoms with van der Waals surface area (Å²) in [4.78, 5) is 19.7. The van der Waals surface area contributed by atoms with Crippen LogP contribution in [-0.4, -0.2) is 53.3 Å². The first-order chi connectivity index (χ1) is 17.1. The number of aromatic amines is 1. The van der Waals surface area contributed by atoms with E-state index >= 15 is 0 Å². The number of amides is 1. The maximum atomic E-state index is 13.3. The maximum absolute atomic E-state index is 13.3. The van der Waals surface area contributed by atoms with Crippen molar-refractivity contribution in [2.24, 2.45) is 0 Å². The number of aromatic nitrogens is 3. The second-order valence-corrected chi connectivity index (χ2v) is 8.65. The predicted octanol–water partition coefficient (Wildman–Crippen LogP) is 4.69. The Morgan fingerprint density at radius 1 is 1.14 bits per heavy atom. The summed E-state index contributed by atoms with van der Waals surface area (Å²) in [6, 6.07) is 17.4. The summed E-state index contributed by atoms with van der Waals surface area (Å²) < 4.78 is 16.9. The highest BCUT2D eigenvalue weighted by atomic mass is 16.5. The molecule has 1 atom stereocenters. The number of nitrogens with zero attached hydrogens (tertiary/aromatic N) is 3. The Bertz CT molecular complexity index is 1300. The van der Waals surface area contributed by atoms with Gasteiger partial charge in [0.1, 0.15) is 23.0 Å². The van der Waals surface area contributed by atoms with Crippen molar-refractivity contribution >= 4 is 5.91 Å². The minimum atomic E-state index is -0.0913. The lowest BCUT2D eigenvalue weighted by molar-refractivity contribution is 0.0692. The molecular formula is C27H28N4O4. The molecule has 1 aliphatic heterocycles. The Kier molecular flexibility index (Phi) is 6.52. The first-order valence-electron chi connectivity index (χ1n) is 11.7. The van der Waals surface area contributed by atoms with E-state index in [-0.39, 0.29) is 11.8 Å². The predicted molar refractivity (Wildman–Crippen MR) is 131 cm³/mol. The van der Waals surface area contributed by atoms with Gasteiger partial charge in [-0.15, -0.1) is 0 Å². The smallest absolute Gasteiger partial charge is 0.271 e. The number of oxazole rings is 1. The quantitative estimate of drug-likeness (QED) is 0.419. The van der Waals surface area contributed by atoms with Crippen molar-refractivity contribution in [1.29, 1.82) is 0 Å². The zero-order valence-electron chi connectivity index (χ0n) is 19.9. The Labute approximate surface area is 203 Å². The minimum absolute atomic E-state index is 0.0677. The number of nitrogens with one attached hydrogen (secondary N) is 1. The van der Waals surface area contributed by atoms with Gasteiger partial charge in [0.25, 0.3) is 5.91 Å². The average Bonchev–Trinajstić information content (AvgIpc) is 3.59. The minimum Gasteiger partial charge on any atom is -0.497 e. The highest BCUT2D eigenvalue weighted by molar-refractivity contribution is 5.93. The number of piperidine rings is 1. The molecule has 8 heteroatoms. The molecule has 3 heterocycles. The molecule has 4 aromatic rings. The van der Waals surface area contributed by atoms with Crippen LogP contribution in [0.1, 0.15) is 46.5 Å². The van der Waals surface area contributed by atoms with Gasteiger partial charge in [-0.25, -0.2) is 4.98 Å². The molecule has 5 rings (SSSR count). The molecule has 0 bridgehead atoms. The SMILES string of the molecule is COc1ccc(OC)c(-c2cc(C(=O)N3CCC[C@H](c4ncc(Cc5ccccc5)o4)C3)[nH]n2)c1. The monoisotopic (exact) mass is 472 g/mol. The molecule has 2 aromatic heterocycles. The molecule has 0 saturated carbocycles. The number of likely N-dealkylation sites (tertiary alicyclic amines) is 1. The molecule has 0 aliphatic carbocycles. The van der Waals surface area contributed by atoms with E-state index in [1.807, 2.05) is 41.3 Å². The molecule has 1 saturated heterocycles. The van der Waals surface area contributed by atoms with Crippen molar-refractivity contribution in [3.8, 4) is 22.8 Å². The van der Waals surface area contributed by atoms with Gasteiger partial charge in [0.05, 0.1) is 32.0 Å². The van der Waals surface area contributed by atoms with Crippen LogP contribution in [0.25, 0.3) is 11.3 Å². The third kappa shape index (κ3) is 4.91. The highest BCUT2D eigenvalue weighted by Crippen LogP contribution is 2.33. The summed E-state index contributed by atoms with van der Waals surface area (Å²) in [6.45, 7) is 1.24. The van der Waals surface area contributed by atoms with Crippen LogP contribution in [0.3, 0.4) is 0 Å². The number of ether oxygens (including phenoxy) is 2. The molecule has 8 nitrogen and oxygen atoms in total. The van der Waals surface area contributed by atoms with Gasteiger partial charge in [-0.05, 0) is 42.7 Å². The van der Waals surface area contributed by atoms with E-state index in [0.717, 1.165) is 24.2 Å². The first-order valence-corrected chi connectivity index (χ1v) is 11.7. The molecule has 0 unspecified atom stereocenters. The topological polar surface area (TPSA) is 93.5 Å². The van der Waals surface area contributed by atoms with Crippen molar-refractivity contribution in [3.63, 3.8) is 0 Å². The Hall–Kier alpha value is -4.07. The Balaban J connectivity index is 1.29. The molecule has 1 N–H and O–H groups in total. The van der Waals surface area contributed by atoms with Crippen LogP contribution in [0.2, 0.25) is 0 Å². The largest absolute Gasteiger partial charge is 0.497 e. The third-order valence-electron chi connectivity index (χ3n) is 6.34. The lowest BCUT2D eigenvalue weighted by Crippen LogP contribution is -2.39. The molecular weight excluding hydrogens is 444 g/mol. The van der Waals surface area contributed by atoms with Gasteiger partial charge >= 0.3 is 0 Å². The number of methoxy groups -OCH3 is 2. The maximum Gasteiger partial charge on any atom is 0.271 e. The van der Waals surface area contributed by atoms with E-state index in [1.54, 1.807) is 26.5 Å². The van der Waals surface area contributed by atoms with Crippen LogP contribution < -0.4 is 9.47 Å². The van der Waals surface area contributed by atoms with E-state index in [0.29, 0.717) is 48.3 Å². The Morgan fingerprint density at radius 3 is 2.80 bits per heavy atom. The van der Waals surface area contributed by atoms with Crippen LogP contribution in [0.15, 0.2) is 65.2 Å². The second-order valence-electron chi connectivity index (χ2n) is 8.65. The molecule has 1 aliphatic rings. The second kappa shape index (κ2) is 10.0. The van der Waals surface area contributed by atoms with Gasteiger partial charge in [-0.2, -0.15) is 5.10 Å². The normalized spacial score (nSPS) is 15.7. The molecule has 1 fully saturated rings. The fraction of sp³-hybridized carbons (Fsp3) is 0.296. The third-order valence-corrected chi connectivity index (χ3v) is 6.34. The van der Waals surface area contributed by atoms with Crippen LogP contribution in [0.5, 0.6) is 11.5 Å². The van der Waals surface area contributed by atoms with Crippen LogP contribution in [0, 0.1) is 0 Å². The van der Waals surface area contributed by atoms with Gasteiger partial charge in [0.2, 0.25) is 0 Å². The number of hydrogen-bond donors (Lipinski definition) is 1. The fourth-order valence-electron chi connectivity index (χ4n) is 4.51. The number of benzene rings is 2. The summed E-state index contributed by atoms with van der Waals surface area (Å²) in [7, 11) is 3.21. The average molecular weight is 473 g/mol. The lowest BCUT2D eigenvalue weighted by Gasteiger charge is -2.30. The molecule has 1 amide bonds. The van der Waals surface area contributed by atoms with Crippen molar-refractivity contribution in [3.05, 3.63) is 83.7 Å². The fourth-order valence-corrected chi connectivity index (χ4v) is 4.51. The van der Waals surface area contributed by atoms with Crippen molar-refractivity contribution in [2.45, 2.75) is 25.2 Å². The number of H-pyrrole nitrogens is 1. The van der Waals surface area contributed by atoms with Crippen molar-refractivity contribution in [2.75, 3.05) is 27.3 Å². The molecule has 180 valence electrons.